The Morgan fingerprint density at radius 1 is 1.18 bits per heavy atom. The number of aliphatic imine (C=N–C) groups is 1. The molecule has 15 heteroatoms. The lowest BCUT2D eigenvalue weighted by atomic mass is 9.94. The van der Waals surface area contributed by atoms with Crippen LogP contribution in [0.3, 0.4) is 0 Å². The predicted octanol–water partition coefficient (Wildman–Crippen LogP) is 7.78. The molecule has 12 nitrogen and oxygen atoms in total. The number of nitrogens with zero attached hydrogens (tertiary/aromatic N) is 6. The molecule has 1 saturated heterocycles. The van der Waals surface area contributed by atoms with Crippen LogP contribution >= 0.6 is 0 Å². The van der Waals surface area contributed by atoms with Gasteiger partial charge in [-0.1, -0.05) is 63.3 Å². The summed E-state index contributed by atoms with van der Waals surface area (Å²) in [5.74, 6) is -0.319. The number of carbonyl (C=O) groups excluding carboxylic acids is 2. The van der Waals surface area contributed by atoms with Crippen LogP contribution in [0.1, 0.15) is 119 Å². The van der Waals surface area contributed by atoms with Gasteiger partial charge in [0.1, 0.15) is 6.04 Å². The topological polar surface area (TPSA) is 173 Å². The number of likely N-dealkylation sites (tertiary alicyclic amines) is 1. The molecule has 3 heterocycles. The molecule has 1 aromatic carbocycles. The van der Waals surface area contributed by atoms with Crippen molar-refractivity contribution in [2.75, 3.05) is 20.6 Å². The highest BCUT2D eigenvalue weighted by molar-refractivity contribution is 6.05. The Bertz CT molecular complexity index is 2190. The number of nitrogens with two attached hydrogens (primary N) is 2. The van der Waals surface area contributed by atoms with Crippen LogP contribution in [0.25, 0.3) is 11.6 Å². The van der Waals surface area contributed by atoms with Gasteiger partial charge in [-0.15, -0.1) is 0 Å². The van der Waals surface area contributed by atoms with Gasteiger partial charge >= 0.3 is 6.18 Å². The lowest BCUT2D eigenvalue weighted by molar-refractivity contribution is -0.141. The standard InChI is InChI=1S/C45H58F3N9O2.CH5N/c1-10-28(4)19-36(50)37-22-39(45(46,47)48)53-57(37)27-43(6,7)52-41(58)38(20-30(24-49)25-51-8)56-18-17-44(42(56)59)23-35(44)33-15-13-32(14-16-33)31(12-3)21-34-26-55(9)54-40(34)29(5)11-2;1-2/h12-16,19,21-22,24-26,29,35,38,50H,3,10-11,17-18,20,23,27,49H2,1-2,4-9H3,(H,52,58);2H2,1H3/b28-19?,30-24-,31-21+,50-36?,51-25?;/t29?,35?,38?,44-;/m0./s1. The summed E-state index contributed by atoms with van der Waals surface area (Å²) in [7, 11) is 5.00. The maximum atomic E-state index is 14.5. The summed E-state index contributed by atoms with van der Waals surface area (Å²) in [6, 6.07) is 8.12. The second-order valence-electron chi connectivity index (χ2n) is 16.6. The van der Waals surface area contributed by atoms with E-state index in [2.05, 4.69) is 71.9 Å². The van der Waals surface area contributed by atoms with Gasteiger partial charge in [-0.3, -0.25) is 29.4 Å². The van der Waals surface area contributed by atoms with Crippen LogP contribution in [0.4, 0.5) is 13.2 Å². The number of carbonyl (C=O) groups is 2. The molecule has 1 saturated carbocycles. The number of amides is 2. The van der Waals surface area contributed by atoms with Crippen LogP contribution in [0.5, 0.6) is 0 Å². The minimum absolute atomic E-state index is 0.0239. The van der Waals surface area contributed by atoms with E-state index in [9.17, 15) is 22.8 Å². The van der Waals surface area contributed by atoms with E-state index in [1.165, 1.54) is 19.3 Å². The van der Waals surface area contributed by atoms with E-state index in [0.717, 1.165) is 50.7 Å². The van der Waals surface area contributed by atoms with E-state index in [1.54, 1.807) is 38.9 Å². The lowest BCUT2D eigenvalue weighted by Crippen LogP contribution is -2.55. The summed E-state index contributed by atoms with van der Waals surface area (Å²) in [5, 5.41) is 20.1. The number of aromatic nitrogens is 4. The van der Waals surface area contributed by atoms with Crippen molar-refractivity contribution in [2.45, 2.75) is 110 Å². The molecule has 2 amide bonds. The molecular formula is C46H63F3N10O2. The third-order valence-corrected chi connectivity index (χ3v) is 11.6. The fourth-order valence-electron chi connectivity index (χ4n) is 7.96. The summed E-state index contributed by atoms with van der Waals surface area (Å²) in [6.07, 6.45) is 8.54. The SMILES string of the molecule is C=C/C(=C\c1cn(C)nc1C(C)CC)c1ccc(C2C[C@@]23CCN(C(C/C(C=NC)=C/N)C(=O)NC(C)(C)Cn2nc(C(F)(F)F)cc2C(=N)C=C(C)CC)C3=O)cc1.CN. The Balaban J connectivity index is 0.00000403. The van der Waals surface area contributed by atoms with Crippen LogP contribution in [-0.2, 0) is 29.4 Å². The minimum atomic E-state index is -4.73. The van der Waals surface area contributed by atoms with E-state index >= 15 is 0 Å². The Hall–Kier alpha value is -5.57. The molecule has 330 valence electrons. The zero-order valence-corrected chi connectivity index (χ0v) is 37.0. The van der Waals surface area contributed by atoms with Crippen molar-refractivity contribution in [3.05, 3.63) is 106 Å². The summed E-state index contributed by atoms with van der Waals surface area (Å²) in [6.45, 7) is 15.6. The maximum absolute atomic E-state index is 14.5. The monoisotopic (exact) mass is 845 g/mol. The van der Waals surface area contributed by atoms with Gasteiger partial charge in [0.15, 0.2) is 5.69 Å². The molecule has 6 N–H and O–H groups in total. The van der Waals surface area contributed by atoms with E-state index in [4.69, 9.17) is 16.2 Å². The second-order valence-corrected chi connectivity index (χ2v) is 16.6. The van der Waals surface area contributed by atoms with Gasteiger partial charge in [0, 0.05) is 51.0 Å². The van der Waals surface area contributed by atoms with E-state index in [0.29, 0.717) is 37.3 Å². The Kier molecular flexibility index (Phi) is 15.7. The van der Waals surface area contributed by atoms with Crippen LogP contribution in [0, 0.1) is 10.8 Å². The molecule has 0 bridgehead atoms. The number of aryl methyl sites for hydroxylation is 1. The van der Waals surface area contributed by atoms with Crippen molar-refractivity contribution in [2.24, 2.45) is 28.9 Å². The van der Waals surface area contributed by atoms with Crippen molar-refractivity contribution >= 4 is 35.4 Å². The highest BCUT2D eigenvalue weighted by Gasteiger charge is 2.65. The summed E-state index contributed by atoms with van der Waals surface area (Å²) < 4.78 is 44.4. The van der Waals surface area contributed by atoms with E-state index in [-0.39, 0.29) is 36.2 Å². The molecule has 4 atom stereocenters. The van der Waals surface area contributed by atoms with Crippen LogP contribution in [-0.4, -0.2) is 80.4 Å². The molecule has 1 spiro atoms. The number of benzene rings is 1. The van der Waals surface area contributed by atoms with Gasteiger partial charge in [-0.05, 0) is 106 Å². The zero-order chi connectivity index (χ0) is 45.4. The highest BCUT2D eigenvalue weighted by atomic mass is 19.4. The first-order valence-corrected chi connectivity index (χ1v) is 20.7. The maximum Gasteiger partial charge on any atom is 0.435 e. The van der Waals surface area contributed by atoms with Gasteiger partial charge in [0.2, 0.25) is 11.8 Å². The van der Waals surface area contributed by atoms with Crippen molar-refractivity contribution < 1.29 is 22.8 Å². The fraction of sp³-hybridized carbons (Fsp3) is 0.478. The number of hydrogen-bond acceptors (Lipinski definition) is 8. The number of hydrogen-bond donors (Lipinski definition) is 4. The van der Waals surface area contributed by atoms with Gasteiger partial charge in [-0.2, -0.15) is 23.4 Å². The fourth-order valence-corrected chi connectivity index (χ4v) is 7.96. The quantitative estimate of drug-likeness (QED) is 0.0798. The van der Waals surface area contributed by atoms with Crippen molar-refractivity contribution in [3.63, 3.8) is 0 Å². The second kappa shape index (κ2) is 19.9. The van der Waals surface area contributed by atoms with Gasteiger partial charge in [-0.25, -0.2) is 0 Å². The highest BCUT2D eigenvalue weighted by Crippen LogP contribution is 2.65. The van der Waals surface area contributed by atoms with Crippen LogP contribution in [0.2, 0.25) is 0 Å². The first kappa shape index (κ1) is 48.1. The molecule has 5 rings (SSSR count). The van der Waals surface area contributed by atoms with Crippen molar-refractivity contribution in [1.82, 2.24) is 29.8 Å². The van der Waals surface area contributed by atoms with E-state index in [1.807, 2.05) is 30.9 Å². The van der Waals surface area contributed by atoms with Crippen LogP contribution in [0.15, 0.2) is 77.6 Å². The number of rotatable bonds is 17. The van der Waals surface area contributed by atoms with Gasteiger partial charge in [0.05, 0.1) is 34.6 Å². The number of alkyl halides is 3. The molecule has 3 aromatic rings. The number of allylic oxidation sites excluding steroid dienone is 4. The molecule has 3 unspecified atom stereocenters. The Morgan fingerprint density at radius 2 is 1.85 bits per heavy atom. The Labute approximate surface area is 358 Å². The summed E-state index contributed by atoms with van der Waals surface area (Å²) in [5.41, 5.74) is 13.8. The van der Waals surface area contributed by atoms with Gasteiger partial charge in [0.25, 0.3) is 0 Å². The lowest BCUT2D eigenvalue weighted by Gasteiger charge is -2.33. The smallest absolute Gasteiger partial charge is 0.404 e. The average Bonchev–Trinajstić information content (AvgIpc) is 3.40. The zero-order valence-electron chi connectivity index (χ0n) is 37.0. The minimum Gasteiger partial charge on any atom is -0.404 e. The summed E-state index contributed by atoms with van der Waals surface area (Å²) in [4.78, 5) is 34.5. The first-order valence-electron chi connectivity index (χ1n) is 20.7. The molecule has 61 heavy (non-hydrogen) atoms. The van der Waals surface area contributed by atoms with Crippen molar-refractivity contribution in [3.8, 4) is 0 Å². The third kappa shape index (κ3) is 11.0. The van der Waals surface area contributed by atoms with Crippen molar-refractivity contribution in [1.29, 1.82) is 5.41 Å². The van der Waals surface area contributed by atoms with E-state index < -0.39 is 34.8 Å². The third-order valence-electron chi connectivity index (χ3n) is 11.6. The molecule has 1 aliphatic carbocycles. The average molecular weight is 845 g/mol. The number of nitrogens with one attached hydrogen (secondary N) is 2. The predicted molar refractivity (Wildman–Crippen MR) is 238 cm³/mol. The molecule has 0 radical (unpaired) electrons. The summed E-state index contributed by atoms with van der Waals surface area (Å²) >= 11 is 0. The normalized spacial score (nSPS) is 19.6. The van der Waals surface area contributed by atoms with Gasteiger partial charge < -0.3 is 21.7 Å². The molecule has 2 fully saturated rings. The molecule has 2 aliphatic rings. The molecule has 2 aromatic heterocycles. The first-order chi connectivity index (χ1) is 28.8. The Morgan fingerprint density at radius 3 is 2.43 bits per heavy atom. The molecular weight excluding hydrogens is 782 g/mol. The van der Waals surface area contributed by atoms with Crippen LogP contribution < -0.4 is 16.8 Å². The number of halogens is 3. The molecule has 1 aliphatic heterocycles. The largest absolute Gasteiger partial charge is 0.435 e.